The second kappa shape index (κ2) is 13.2. The molecule has 4 N–H and O–H groups in total. The van der Waals surface area contributed by atoms with Gasteiger partial charge >= 0.3 is 6.18 Å². The first-order chi connectivity index (χ1) is 25.4. The van der Waals surface area contributed by atoms with Crippen LogP contribution < -0.4 is 11.1 Å². The van der Waals surface area contributed by atoms with Crippen LogP contribution in [0.2, 0.25) is 0 Å². The average Bonchev–Trinajstić information content (AvgIpc) is 3.64. The lowest BCUT2D eigenvalue weighted by Crippen LogP contribution is -2.36. The van der Waals surface area contributed by atoms with E-state index in [0.29, 0.717) is 39.3 Å². The van der Waals surface area contributed by atoms with Gasteiger partial charge in [0.05, 0.1) is 17.3 Å². The molecule has 0 radical (unpaired) electrons. The number of carbonyl (C=O) groups is 1. The molecular formula is C38H34F7N7O2. The van der Waals surface area contributed by atoms with Crippen LogP contribution in [0.15, 0.2) is 48.5 Å². The van der Waals surface area contributed by atoms with Gasteiger partial charge in [0.15, 0.2) is 11.5 Å². The van der Waals surface area contributed by atoms with E-state index in [2.05, 4.69) is 27.4 Å². The molecular weight excluding hydrogens is 719 g/mol. The molecule has 1 fully saturated rings. The van der Waals surface area contributed by atoms with Gasteiger partial charge < -0.3 is 16.2 Å². The highest BCUT2D eigenvalue weighted by molar-refractivity contribution is 6.00. The van der Waals surface area contributed by atoms with Gasteiger partial charge in [-0.15, -0.1) is 0 Å². The number of anilines is 1. The number of aromatic nitrogens is 5. The third-order valence-corrected chi connectivity index (χ3v) is 9.81. The predicted molar refractivity (Wildman–Crippen MR) is 184 cm³/mol. The van der Waals surface area contributed by atoms with Crippen molar-refractivity contribution in [3.05, 3.63) is 94.1 Å². The minimum Gasteiger partial charge on any atom is -0.382 e. The normalized spacial score (nSPS) is 18.1. The summed E-state index contributed by atoms with van der Waals surface area (Å²) >= 11 is 0. The molecule has 3 atom stereocenters. The lowest BCUT2D eigenvalue weighted by atomic mass is 9.73. The second-order valence-corrected chi connectivity index (χ2v) is 14.1. The molecule has 282 valence electrons. The number of nitrogen functional groups attached to an aromatic ring is 1. The highest BCUT2D eigenvalue weighted by Crippen LogP contribution is 2.64. The number of nitrogens with one attached hydrogen (secondary N) is 1. The number of nitrogens with two attached hydrogens (primary N) is 1. The molecule has 2 aliphatic rings. The Bertz CT molecular complexity index is 2350. The summed E-state index contributed by atoms with van der Waals surface area (Å²) in [4.78, 5) is 18.6. The number of hydrogen-bond acceptors (Lipinski definition) is 6. The third kappa shape index (κ3) is 6.65. The van der Waals surface area contributed by atoms with Crippen LogP contribution >= 0.6 is 0 Å². The summed E-state index contributed by atoms with van der Waals surface area (Å²) in [6.07, 6.45) is -5.19. The SMILES string of the molecule is CCn1nc(N)c2cccc(-c3ccc(C#CC(C)(C)O)nc3C(Cc3cc(F)cc(F)c3)NC(=O)Cn3nc(C(F)(F)F)c4c3C(F)(F)C3CCC43)c21. The zero-order chi connectivity index (χ0) is 38.9. The molecule has 3 aromatic heterocycles. The van der Waals surface area contributed by atoms with Gasteiger partial charge in [-0.25, -0.2) is 13.8 Å². The van der Waals surface area contributed by atoms with Crippen LogP contribution in [0, 0.1) is 29.4 Å². The Kier molecular flexibility index (Phi) is 8.99. The molecule has 0 saturated heterocycles. The Balaban J connectivity index is 1.37. The summed E-state index contributed by atoms with van der Waals surface area (Å²) in [6.45, 7) is 4.15. The highest BCUT2D eigenvalue weighted by atomic mass is 19.4. The Morgan fingerprint density at radius 3 is 2.41 bits per heavy atom. The maximum absolute atomic E-state index is 15.6. The standard InChI is InChI=1S/C38H34F7N7O2/c1-4-51-32-24(6-5-7-26(32)35(46)50-51)23-9-8-22(12-13-36(2,3)54)47-31(23)28(16-19-14-20(39)17-21(40)15-19)48-29(53)18-52-34-30(33(49-52)38(43,44)45)25-10-11-27(25)37(34,41)42/h5-9,14-15,17,25,27-28,54H,4,10-11,16,18H2,1-3H3,(H2,46,50)(H,48,53). The van der Waals surface area contributed by atoms with Crippen molar-refractivity contribution in [2.24, 2.45) is 5.92 Å². The number of halogens is 7. The predicted octanol–water partition coefficient (Wildman–Crippen LogP) is 7.02. The van der Waals surface area contributed by atoms with E-state index in [9.17, 15) is 31.9 Å². The fraction of sp³-hybridized carbons (Fsp3) is 0.368. The number of amides is 1. The van der Waals surface area contributed by atoms with Crippen molar-refractivity contribution in [2.45, 2.75) is 82.8 Å². The number of alkyl halides is 5. The molecule has 16 heteroatoms. The Morgan fingerprint density at radius 2 is 1.78 bits per heavy atom. The van der Waals surface area contributed by atoms with Crippen LogP contribution in [-0.2, 0) is 36.4 Å². The molecule has 0 spiro atoms. The summed E-state index contributed by atoms with van der Waals surface area (Å²) in [5.74, 6) is -3.18. The first-order valence-electron chi connectivity index (χ1n) is 17.2. The van der Waals surface area contributed by atoms with E-state index in [1.807, 2.05) is 6.92 Å². The van der Waals surface area contributed by atoms with E-state index in [1.165, 1.54) is 13.8 Å². The van der Waals surface area contributed by atoms with E-state index in [-0.39, 0.29) is 42.0 Å². The molecule has 0 aliphatic heterocycles. The Hall–Kier alpha value is -5.43. The first kappa shape index (κ1) is 36.9. The van der Waals surface area contributed by atoms with Crippen LogP contribution in [0.4, 0.5) is 36.6 Å². The zero-order valence-corrected chi connectivity index (χ0v) is 29.2. The third-order valence-electron chi connectivity index (χ3n) is 9.81. The van der Waals surface area contributed by atoms with Gasteiger partial charge in [0.1, 0.15) is 35.2 Å². The zero-order valence-electron chi connectivity index (χ0n) is 29.2. The fourth-order valence-electron chi connectivity index (χ4n) is 7.48. The van der Waals surface area contributed by atoms with Gasteiger partial charge in [0, 0.05) is 40.6 Å². The number of fused-ring (bicyclic) bond motifs is 4. The van der Waals surface area contributed by atoms with E-state index in [0.717, 1.165) is 12.1 Å². The van der Waals surface area contributed by atoms with Crippen LogP contribution in [0.3, 0.4) is 0 Å². The molecule has 3 unspecified atom stereocenters. The quantitative estimate of drug-likeness (QED) is 0.116. The minimum atomic E-state index is -5.05. The molecule has 9 nitrogen and oxygen atoms in total. The van der Waals surface area contributed by atoms with E-state index in [1.54, 1.807) is 35.0 Å². The van der Waals surface area contributed by atoms with Crippen LogP contribution in [-0.4, -0.2) is 41.2 Å². The molecule has 7 rings (SSSR count). The minimum absolute atomic E-state index is 0.0264. The molecule has 2 aliphatic carbocycles. The lowest BCUT2D eigenvalue weighted by Gasteiger charge is -2.34. The summed E-state index contributed by atoms with van der Waals surface area (Å²) in [7, 11) is 0. The fourth-order valence-corrected chi connectivity index (χ4v) is 7.48. The summed E-state index contributed by atoms with van der Waals surface area (Å²) in [5.41, 5.74) is 3.66. The van der Waals surface area contributed by atoms with Crippen LogP contribution in [0.1, 0.15) is 79.5 Å². The summed E-state index contributed by atoms with van der Waals surface area (Å²) < 4.78 is 105. The van der Waals surface area contributed by atoms with E-state index in [4.69, 9.17) is 10.7 Å². The molecule has 54 heavy (non-hydrogen) atoms. The Morgan fingerprint density at radius 1 is 1.06 bits per heavy atom. The van der Waals surface area contributed by atoms with Crippen molar-refractivity contribution in [1.29, 1.82) is 0 Å². The summed E-state index contributed by atoms with van der Waals surface area (Å²) in [5, 5.41) is 21.5. The number of carbonyl (C=O) groups excluding carboxylic acids is 1. The van der Waals surface area contributed by atoms with Crippen molar-refractivity contribution in [1.82, 2.24) is 29.9 Å². The van der Waals surface area contributed by atoms with Crippen molar-refractivity contribution in [3.63, 3.8) is 0 Å². The number of para-hydroxylation sites is 1. The number of rotatable bonds is 8. The maximum atomic E-state index is 15.6. The van der Waals surface area contributed by atoms with Crippen LogP contribution in [0.5, 0.6) is 0 Å². The van der Waals surface area contributed by atoms with Crippen LogP contribution in [0.25, 0.3) is 22.0 Å². The van der Waals surface area contributed by atoms with Crippen molar-refractivity contribution < 1.29 is 40.6 Å². The monoisotopic (exact) mass is 753 g/mol. The Labute approximate surface area is 304 Å². The first-order valence-corrected chi connectivity index (χ1v) is 17.2. The largest absolute Gasteiger partial charge is 0.435 e. The number of nitrogens with zero attached hydrogens (tertiary/aromatic N) is 5. The van der Waals surface area contributed by atoms with Gasteiger partial charge in [-0.05, 0) is 87.8 Å². The molecule has 5 aromatic rings. The second-order valence-electron chi connectivity index (χ2n) is 14.1. The van der Waals surface area contributed by atoms with Crippen molar-refractivity contribution in [2.75, 3.05) is 5.73 Å². The van der Waals surface area contributed by atoms with Gasteiger partial charge in [-0.1, -0.05) is 18.1 Å². The number of hydrogen-bond donors (Lipinski definition) is 3. The topological polar surface area (TPSA) is 124 Å². The average molecular weight is 754 g/mol. The van der Waals surface area contributed by atoms with E-state index >= 15 is 8.78 Å². The van der Waals surface area contributed by atoms with E-state index < -0.39 is 76.6 Å². The van der Waals surface area contributed by atoms with Crippen molar-refractivity contribution >= 4 is 22.6 Å². The number of aliphatic hydroxyl groups is 1. The highest BCUT2D eigenvalue weighted by Gasteiger charge is 2.63. The molecule has 3 heterocycles. The molecule has 1 saturated carbocycles. The van der Waals surface area contributed by atoms with Gasteiger partial charge in [0.2, 0.25) is 5.91 Å². The molecule has 1 amide bonds. The smallest absolute Gasteiger partial charge is 0.382 e. The number of aryl methyl sites for hydroxylation is 1. The lowest BCUT2D eigenvalue weighted by molar-refractivity contribution is -0.144. The summed E-state index contributed by atoms with van der Waals surface area (Å²) in [6, 6.07) is 9.92. The van der Waals surface area contributed by atoms with Crippen molar-refractivity contribution in [3.8, 4) is 23.0 Å². The maximum Gasteiger partial charge on any atom is 0.435 e. The van der Waals surface area contributed by atoms with Gasteiger partial charge in [0.25, 0.3) is 5.92 Å². The number of benzene rings is 2. The molecule has 0 bridgehead atoms. The van der Waals surface area contributed by atoms with Gasteiger partial charge in [-0.2, -0.15) is 32.1 Å². The number of pyridine rings is 1. The van der Waals surface area contributed by atoms with Gasteiger partial charge in [-0.3, -0.25) is 14.2 Å². The molecule has 2 aromatic carbocycles.